The van der Waals surface area contributed by atoms with Crippen LogP contribution < -0.4 is 30.7 Å². The maximum absolute atomic E-state index is 12.5. The molecule has 4 heterocycles. The van der Waals surface area contributed by atoms with Gasteiger partial charge in [0.15, 0.2) is 15.4 Å². The van der Waals surface area contributed by atoms with E-state index in [0.717, 1.165) is 53.6 Å². The molecule has 0 bridgehead atoms. The molecule has 0 unspecified atom stereocenters. The Morgan fingerprint density at radius 2 is 1.24 bits per heavy atom. The number of piperazine rings is 1. The number of nitrogens with one attached hydrogen (secondary N) is 5. The highest BCUT2D eigenvalue weighted by Gasteiger charge is 2.20. The number of carbonyl (C=O) groups is 4. The van der Waals surface area contributed by atoms with Crippen LogP contribution in [0.4, 0.5) is 31.2 Å². The summed E-state index contributed by atoms with van der Waals surface area (Å²) in [5.41, 5.74) is 3.34. The number of rotatable bonds is 18. The van der Waals surface area contributed by atoms with Crippen LogP contribution in [-0.4, -0.2) is 110 Å². The number of hydrogen-bond donors (Lipinski definition) is 7. The van der Waals surface area contributed by atoms with Crippen LogP contribution in [0.3, 0.4) is 0 Å². The maximum atomic E-state index is 12.5. The lowest BCUT2D eigenvalue weighted by Crippen LogP contribution is -2.47. The quantitative estimate of drug-likeness (QED) is 0.0411. The summed E-state index contributed by atoms with van der Waals surface area (Å²) < 4.78 is 11.7. The highest BCUT2D eigenvalue weighted by atomic mass is 32.2. The van der Waals surface area contributed by atoms with Crippen molar-refractivity contribution in [2.75, 3.05) is 67.2 Å². The van der Waals surface area contributed by atoms with Crippen LogP contribution in [0.5, 0.6) is 11.5 Å². The number of aromatic carboxylic acids is 1. The highest BCUT2D eigenvalue weighted by Crippen LogP contribution is 2.30. The van der Waals surface area contributed by atoms with Gasteiger partial charge in [-0.3, -0.25) is 25.2 Å². The lowest BCUT2D eigenvalue weighted by molar-refractivity contribution is -0.138. The summed E-state index contributed by atoms with van der Waals surface area (Å²) in [4.78, 5) is 68.1. The predicted molar refractivity (Wildman–Crippen MR) is 247 cm³/mol. The summed E-state index contributed by atoms with van der Waals surface area (Å²) in [7, 11) is 0. The van der Waals surface area contributed by atoms with Crippen molar-refractivity contribution in [1.29, 1.82) is 0 Å². The zero-order valence-corrected chi connectivity index (χ0v) is 38.5. The van der Waals surface area contributed by atoms with Gasteiger partial charge in [0.1, 0.15) is 17.2 Å². The van der Waals surface area contributed by atoms with E-state index in [-0.39, 0.29) is 18.3 Å². The van der Waals surface area contributed by atoms with Crippen LogP contribution in [-0.2, 0) is 17.1 Å². The Bertz CT molecular complexity index is 2310. The second-order valence-corrected chi connectivity index (χ2v) is 18.7. The predicted octanol–water partition coefficient (Wildman–Crippen LogP) is 8.18. The molecule has 6 rings (SSSR count). The summed E-state index contributed by atoms with van der Waals surface area (Å²) in [6, 6.07) is 10.5. The normalized spacial score (nSPS) is 13.0. The van der Waals surface area contributed by atoms with E-state index >= 15 is 0 Å². The summed E-state index contributed by atoms with van der Waals surface area (Å²) in [5, 5.41) is 30.5. The molecule has 21 heteroatoms. The molecular formula is C42H54N10O8S3. The number of aliphatic carboxylic acids is 1. The van der Waals surface area contributed by atoms with Gasteiger partial charge in [-0.05, 0) is 61.1 Å². The maximum Gasteiger partial charge on any atom is 0.353 e. The van der Waals surface area contributed by atoms with E-state index in [1.54, 1.807) is 12.4 Å². The molecule has 1 aliphatic rings. The molecule has 7 N–H and O–H groups in total. The van der Waals surface area contributed by atoms with Gasteiger partial charge in [0.05, 0.1) is 37.3 Å². The highest BCUT2D eigenvalue weighted by molar-refractivity contribution is 7.98. The number of benzene rings is 2. The van der Waals surface area contributed by atoms with Crippen LogP contribution in [0.25, 0.3) is 0 Å². The molecule has 63 heavy (non-hydrogen) atoms. The largest absolute Gasteiger partial charge is 0.491 e. The summed E-state index contributed by atoms with van der Waals surface area (Å²) >= 11 is 4.12. The third-order valence-corrected chi connectivity index (χ3v) is 11.7. The number of nitrogens with zero attached hydrogens (tertiary/aromatic N) is 5. The first-order valence-electron chi connectivity index (χ1n) is 20.2. The third-order valence-electron chi connectivity index (χ3n) is 8.80. The molecule has 4 amide bonds. The monoisotopic (exact) mass is 922 g/mol. The standard InChI is InChI=1S/C22H31N5O4S.C20H23N5O4S2/c1-15(2)14-31-19-10-16(3)4-5-18(19)24-21(30)25-22-23-11-17(32-22)12-26-6-8-27(9-7-26)13-20(28)29;1-11(2)9-29-16-6-12(3)4-5-14(16)23-18(28)25-20-21-7-13(31-20)10-30-19-22-8-15(24-19)17(26)27/h4-5,10-11,15H,6-9,12-14H2,1-3H3,(H,28,29)(H2,23,24,25,30);4-8,11H,9-10H2,1-3H3,(H,22,24)(H,26,27)(H2,21,23,25,28). The fourth-order valence-corrected chi connectivity index (χ4v) is 8.26. The molecule has 0 spiro atoms. The molecule has 0 radical (unpaired) electrons. The number of amides is 4. The van der Waals surface area contributed by atoms with Crippen LogP contribution in [0, 0.1) is 25.7 Å². The molecule has 0 aliphatic carbocycles. The van der Waals surface area contributed by atoms with Crippen molar-refractivity contribution in [3.05, 3.63) is 81.6 Å². The fourth-order valence-electron chi connectivity index (χ4n) is 5.73. The first-order chi connectivity index (χ1) is 30.1. The van der Waals surface area contributed by atoms with Gasteiger partial charge in [-0.2, -0.15) is 0 Å². The zero-order valence-electron chi connectivity index (χ0n) is 36.0. The van der Waals surface area contributed by atoms with Crippen molar-refractivity contribution in [3.8, 4) is 11.5 Å². The average Bonchev–Trinajstić information content (AvgIpc) is 4.00. The number of H-pyrrole nitrogens is 1. The third kappa shape index (κ3) is 16.5. The Kier molecular flexibility index (Phi) is 18.1. The molecule has 0 saturated carbocycles. The number of carboxylic acids is 2. The Hall–Kier alpha value is -5.74. The van der Waals surface area contributed by atoms with E-state index < -0.39 is 18.0 Å². The number of thiazole rings is 2. The van der Waals surface area contributed by atoms with Crippen LogP contribution >= 0.6 is 34.4 Å². The molecule has 1 aliphatic heterocycles. The van der Waals surface area contributed by atoms with Gasteiger partial charge in [-0.1, -0.05) is 51.6 Å². The Labute approximate surface area is 378 Å². The van der Waals surface area contributed by atoms with Crippen molar-refractivity contribution in [3.63, 3.8) is 0 Å². The van der Waals surface area contributed by atoms with Crippen molar-refractivity contribution >= 4 is 80.1 Å². The van der Waals surface area contributed by atoms with E-state index in [2.05, 4.69) is 73.8 Å². The van der Waals surface area contributed by atoms with E-state index in [1.807, 2.05) is 55.1 Å². The molecule has 3 aromatic heterocycles. The number of aromatic nitrogens is 4. The van der Waals surface area contributed by atoms with E-state index in [0.29, 0.717) is 69.1 Å². The first kappa shape index (κ1) is 48.3. The van der Waals surface area contributed by atoms with Crippen LogP contribution in [0.1, 0.15) is 59.1 Å². The summed E-state index contributed by atoms with van der Waals surface area (Å²) in [6.07, 6.45) is 4.71. The van der Waals surface area contributed by atoms with E-state index in [1.165, 1.54) is 40.6 Å². The molecule has 1 fully saturated rings. The average molecular weight is 923 g/mol. The minimum atomic E-state index is -1.05. The Balaban J connectivity index is 0.000000238. The fraction of sp³-hybridized carbons (Fsp3) is 0.405. The second kappa shape index (κ2) is 23.6. The molecule has 0 atom stereocenters. The SMILES string of the molecule is Cc1ccc(NC(=O)Nc2ncc(CN3CCN(CC(=O)O)CC3)s2)c(OCC(C)C)c1.Cc1ccc(NC(=O)Nc2ncc(CSc3ncc(C(=O)O)[nH]3)s2)c(OCC(C)C)c1. The number of imidazole rings is 1. The zero-order chi connectivity index (χ0) is 45.5. The van der Waals surface area contributed by atoms with E-state index in [4.69, 9.17) is 19.7 Å². The number of anilines is 4. The first-order valence-corrected chi connectivity index (χ1v) is 22.8. The van der Waals surface area contributed by atoms with Gasteiger partial charge in [0.2, 0.25) is 0 Å². The number of hydrogen-bond acceptors (Lipinski definition) is 14. The van der Waals surface area contributed by atoms with Crippen LogP contribution in [0.15, 0.2) is 60.1 Å². The van der Waals surface area contributed by atoms with Crippen LogP contribution in [0.2, 0.25) is 0 Å². The number of carbonyl (C=O) groups excluding carboxylic acids is 2. The van der Waals surface area contributed by atoms with Crippen molar-refractivity contribution in [2.24, 2.45) is 11.8 Å². The molecule has 5 aromatic rings. The number of carboxylic acid groups (broad SMARTS) is 2. The minimum absolute atomic E-state index is 0.0404. The number of aromatic amines is 1. The van der Waals surface area contributed by atoms with Gasteiger partial charge >= 0.3 is 24.0 Å². The Morgan fingerprint density at radius 3 is 1.73 bits per heavy atom. The molecule has 2 aromatic carbocycles. The lowest BCUT2D eigenvalue weighted by atomic mass is 10.2. The van der Waals surface area contributed by atoms with Crippen molar-refractivity contribution < 1.29 is 38.9 Å². The van der Waals surface area contributed by atoms with E-state index in [9.17, 15) is 19.2 Å². The second-order valence-electron chi connectivity index (χ2n) is 15.5. The summed E-state index contributed by atoms with van der Waals surface area (Å²) in [6.45, 7) is 17.2. The number of ether oxygens (including phenoxy) is 2. The number of urea groups is 2. The topological polar surface area (TPSA) is 236 Å². The number of thioether (sulfide) groups is 1. The van der Waals surface area contributed by atoms with Gasteiger partial charge in [-0.25, -0.2) is 29.3 Å². The molecule has 18 nitrogen and oxygen atoms in total. The van der Waals surface area contributed by atoms with Crippen molar-refractivity contribution in [1.82, 2.24) is 29.7 Å². The molecular weight excluding hydrogens is 869 g/mol. The van der Waals surface area contributed by atoms with Crippen molar-refractivity contribution in [2.45, 2.75) is 59.0 Å². The molecule has 338 valence electrons. The van der Waals surface area contributed by atoms with Gasteiger partial charge < -0.3 is 35.3 Å². The number of aryl methyl sites for hydroxylation is 2. The van der Waals surface area contributed by atoms with Gasteiger partial charge in [0, 0.05) is 60.6 Å². The summed E-state index contributed by atoms with van der Waals surface area (Å²) in [5.74, 6) is 0.713. The minimum Gasteiger partial charge on any atom is -0.491 e. The lowest BCUT2D eigenvalue weighted by Gasteiger charge is -2.33. The van der Waals surface area contributed by atoms with Gasteiger partial charge in [-0.15, -0.1) is 22.7 Å². The van der Waals surface area contributed by atoms with Gasteiger partial charge in [0.25, 0.3) is 0 Å². The Morgan fingerprint density at radius 1 is 0.730 bits per heavy atom. The molecule has 1 saturated heterocycles. The smallest absolute Gasteiger partial charge is 0.353 e.